The number of primary amides is 1. The number of ether oxygens (including phenoxy) is 2. The average Bonchev–Trinajstić information content (AvgIpc) is 3.04. The van der Waals surface area contributed by atoms with Crippen molar-refractivity contribution >= 4 is 38.7 Å². The van der Waals surface area contributed by atoms with E-state index < -0.39 is 15.9 Å². The Labute approximate surface area is 166 Å². The summed E-state index contributed by atoms with van der Waals surface area (Å²) in [6, 6.07) is 10.9. The maximum Gasteiger partial charge on any atom is 0.270 e. The molecular formula is C18H19N3O5S2. The fraction of sp³-hybridized carbons (Fsp3) is 0.222. The van der Waals surface area contributed by atoms with Crippen LogP contribution < -0.4 is 15.2 Å². The Morgan fingerprint density at radius 2 is 1.86 bits per heavy atom. The van der Waals surface area contributed by atoms with E-state index in [9.17, 15) is 13.2 Å². The number of benzene rings is 2. The lowest BCUT2D eigenvalue weighted by atomic mass is 10.3. The summed E-state index contributed by atoms with van der Waals surface area (Å²) in [6.07, 6.45) is 0. The van der Waals surface area contributed by atoms with E-state index in [1.807, 2.05) is 6.92 Å². The monoisotopic (exact) mass is 421 g/mol. The first-order valence-corrected chi connectivity index (χ1v) is 10.8. The van der Waals surface area contributed by atoms with E-state index in [0.717, 1.165) is 0 Å². The standard InChI is InChI=1S/C18H19N3O5S2/c1-3-27-18-20-15-9-6-13(25-2)10-16(15)21(18)28(23,24)14-7-4-12(5-8-14)26-11-17(19)22/h4-10H,3,11H2,1-2H3,(H2,19,22). The summed E-state index contributed by atoms with van der Waals surface area (Å²) in [5.74, 6) is 0.928. The molecule has 3 aromatic rings. The number of fused-ring (bicyclic) bond motifs is 1. The molecule has 0 aliphatic heterocycles. The maximum atomic E-state index is 13.3. The van der Waals surface area contributed by atoms with Crippen molar-refractivity contribution in [2.24, 2.45) is 5.73 Å². The Hall–Kier alpha value is -2.72. The second kappa shape index (κ2) is 8.11. The highest BCUT2D eigenvalue weighted by atomic mass is 32.2. The Bertz CT molecular complexity index is 1110. The van der Waals surface area contributed by atoms with Crippen LogP contribution in [0.5, 0.6) is 11.5 Å². The molecule has 0 bridgehead atoms. The molecule has 10 heteroatoms. The normalized spacial score (nSPS) is 11.5. The van der Waals surface area contributed by atoms with E-state index >= 15 is 0 Å². The van der Waals surface area contributed by atoms with Crippen LogP contribution in [0.25, 0.3) is 11.0 Å². The van der Waals surface area contributed by atoms with Gasteiger partial charge >= 0.3 is 0 Å². The average molecular weight is 422 g/mol. The maximum absolute atomic E-state index is 13.3. The number of carbonyl (C=O) groups is 1. The molecule has 0 fully saturated rings. The summed E-state index contributed by atoms with van der Waals surface area (Å²) in [5, 5.41) is 0.375. The predicted molar refractivity (Wildman–Crippen MR) is 106 cm³/mol. The van der Waals surface area contributed by atoms with Gasteiger partial charge in [-0.1, -0.05) is 18.7 Å². The number of methoxy groups -OCH3 is 1. The van der Waals surface area contributed by atoms with Gasteiger partial charge in [0.25, 0.3) is 15.9 Å². The number of aromatic nitrogens is 2. The van der Waals surface area contributed by atoms with Crippen LogP contribution in [0.4, 0.5) is 0 Å². The molecular weight excluding hydrogens is 402 g/mol. The van der Waals surface area contributed by atoms with E-state index in [1.165, 1.54) is 47.1 Å². The van der Waals surface area contributed by atoms with Gasteiger partial charge in [-0.25, -0.2) is 17.4 Å². The number of nitrogens with two attached hydrogens (primary N) is 1. The van der Waals surface area contributed by atoms with Crippen LogP contribution >= 0.6 is 11.8 Å². The lowest BCUT2D eigenvalue weighted by Crippen LogP contribution is -2.20. The SMILES string of the molecule is CCSc1nc2ccc(OC)cc2n1S(=O)(=O)c1ccc(OCC(N)=O)cc1. The molecule has 0 saturated heterocycles. The van der Waals surface area contributed by atoms with Crippen molar-refractivity contribution in [3.05, 3.63) is 42.5 Å². The van der Waals surface area contributed by atoms with Gasteiger partial charge in [0.15, 0.2) is 11.8 Å². The number of hydrogen-bond acceptors (Lipinski definition) is 7. The topological polar surface area (TPSA) is 114 Å². The van der Waals surface area contributed by atoms with Crippen molar-refractivity contribution in [3.63, 3.8) is 0 Å². The molecule has 0 aliphatic rings. The Balaban J connectivity index is 2.08. The number of imidazole rings is 1. The van der Waals surface area contributed by atoms with Crippen molar-refractivity contribution in [1.29, 1.82) is 0 Å². The lowest BCUT2D eigenvalue weighted by molar-refractivity contribution is -0.119. The van der Waals surface area contributed by atoms with Gasteiger partial charge in [-0.3, -0.25) is 4.79 Å². The lowest BCUT2D eigenvalue weighted by Gasteiger charge is -2.11. The molecule has 1 heterocycles. The fourth-order valence-corrected chi connectivity index (χ4v) is 4.99. The Kier molecular flexibility index (Phi) is 5.80. The van der Waals surface area contributed by atoms with Crippen LogP contribution in [0.1, 0.15) is 6.92 Å². The van der Waals surface area contributed by atoms with Crippen LogP contribution in [0.2, 0.25) is 0 Å². The van der Waals surface area contributed by atoms with Gasteiger partial charge in [0, 0.05) is 6.07 Å². The van der Waals surface area contributed by atoms with Crippen LogP contribution in [-0.2, 0) is 14.8 Å². The third kappa shape index (κ3) is 3.92. The molecule has 0 radical (unpaired) electrons. The summed E-state index contributed by atoms with van der Waals surface area (Å²) < 4.78 is 38.3. The van der Waals surface area contributed by atoms with Crippen LogP contribution in [0.15, 0.2) is 52.5 Å². The number of thioether (sulfide) groups is 1. The van der Waals surface area contributed by atoms with Crippen LogP contribution in [0, 0.1) is 0 Å². The van der Waals surface area contributed by atoms with Gasteiger partial charge in [0.05, 0.1) is 23.0 Å². The molecule has 0 aliphatic carbocycles. The second-order valence-electron chi connectivity index (χ2n) is 5.68. The van der Waals surface area contributed by atoms with Gasteiger partial charge in [-0.05, 0) is 42.2 Å². The smallest absolute Gasteiger partial charge is 0.270 e. The van der Waals surface area contributed by atoms with Gasteiger partial charge in [0.2, 0.25) is 0 Å². The quantitative estimate of drug-likeness (QED) is 0.555. The zero-order valence-electron chi connectivity index (χ0n) is 15.3. The molecule has 0 atom stereocenters. The van der Waals surface area contributed by atoms with Gasteiger partial charge in [0.1, 0.15) is 11.5 Å². The van der Waals surface area contributed by atoms with Crippen molar-refractivity contribution < 1.29 is 22.7 Å². The third-order valence-electron chi connectivity index (χ3n) is 3.81. The minimum atomic E-state index is -3.92. The van der Waals surface area contributed by atoms with Gasteiger partial charge in [-0.2, -0.15) is 0 Å². The van der Waals surface area contributed by atoms with Crippen molar-refractivity contribution in [2.75, 3.05) is 19.5 Å². The summed E-state index contributed by atoms with van der Waals surface area (Å²) in [6.45, 7) is 1.64. The minimum Gasteiger partial charge on any atom is -0.497 e. The second-order valence-corrected chi connectivity index (χ2v) is 8.70. The number of amides is 1. The predicted octanol–water partition coefficient (Wildman–Crippen LogP) is 2.26. The molecule has 1 amide bonds. The van der Waals surface area contributed by atoms with Gasteiger partial charge in [-0.15, -0.1) is 0 Å². The zero-order chi connectivity index (χ0) is 20.3. The van der Waals surface area contributed by atoms with E-state index in [1.54, 1.807) is 18.2 Å². The summed E-state index contributed by atoms with van der Waals surface area (Å²) in [5.41, 5.74) is 6.03. The Morgan fingerprint density at radius 3 is 2.46 bits per heavy atom. The molecule has 8 nitrogen and oxygen atoms in total. The molecule has 1 aromatic heterocycles. The molecule has 2 N–H and O–H groups in total. The Morgan fingerprint density at radius 1 is 1.18 bits per heavy atom. The molecule has 0 unspecified atom stereocenters. The van der Waals surface area contributed by atoms with Crippen LogP contribution in [-0.4, -0.2) is 42.8 Å². The highest BCUT2D eigenvalue weighted by Crippen LogP contribution is 2.31. The number of hydrogen-bond donors (Lipinski definition) is 1. The van der Waals surface area contributed by atoms with Gasteiger partial charge < -0.3 is 15.2 Å². The fourth-order valence-electron chi connectivity index (χ4n) is 2.56. The first-order chi connectivity index (χ1) is 13.4. The minimum absolute atomic E-state index is 0.0685. The molecule has 3 rings (SSSR count). The van der Waals surface area contributed by atoms with Crippen molar-refractivity contribution in [2.45, 2.75) is 17.0 Å². The summed E-state index contributed by atoms with van der Waals surface area (Å²) in [4.78, 5) is 15.3. The first-order valence-electron chi connectivity index (χ1n) is 8.33. The van der Waals surface area contributed by atoms with Crippen molar-refractivity contribution in [3.8, 4) is 11.5 Å². The highest BCUT2D eigenvalue weighted by molar-refractivity contribution is 7.99. The molecule has 2 aromatic carbocycles. The molecule has 0 saturated carbocycles. The van der Waals surface area contributed by atoms with E-state index in [0.29, 0.717) is 33.4 Å². The van der Waals surface area contributed by atoms with E-state index in [2.05, 4.69) is 4.98 Å². The number of rotatable bonds is 8. The molecule has 0 spiro atoms. The molecule has 148 valence electrons. The third-order valence-corrected chi connectivity index (χ3v) is 6.46. The number of carbonyl (C=O) groups excluding carboxylic acids is 1. The molecule has 28 heavy (non-hydrogen) atoms. The van der Waals surface area contributed by atoms with Crippen LogP contribution in [0.3, 0.4) is 0 Å². The first kappa shape index (κ1) is 20.0. The van der Waals surface area contributed by atoms with E-state index in [-0.39, 0.29) is 11.5 Å². The van der Waals surface area contributed by atoms with E-state index in [4.69, 9.17) is 15.2 Å². The largest absolute Gasteiger partial charge is 0.497 e. The van der Waals surface area contributed by atoms with Crippen molar-refractivity contribution in [1.82, 2.24) is 8.96 Å². The summed E-state index contributed by atoms with van der Waals surface area (Å²) >= 11 is 1.33. The summed E-state index contributed by atoms with van der Waals surface area (Å²) in [7, 11) is -2.40. The highest BCUT2D eigenvalue weighted by Gasteiger charge is 2.25. The number of nitrogens with zero attached hydrogens (tertiary/aromatic N) is 2. The zero-order valence-corrected chi connectivity index (χ0v) is 16.9.